The highest BCUT2D eigenvalue weighted by Gasteiger charge is 2.18. The van der Waals surface area contributed by atoms with Crippen LogP contribution in [0.2, 0.25) is 5.02 Å². The van der Waals surface area contributed by atoms with E-state index < -0.39 is 9.05 Å². The fourth-order valence-electron chi connectivity index (χ4n) is 1.43. The van der Waals surface area contributed by atoms with Gasteiger partial charge in [-0.2, -0.15) is 0 Å². The molecule has 0 radical (unpaired) electrons. The lowest BCUT2D eigenvalue weighted by Crippen LogP contribution is -2.01. The summed E-state index contributed by atoms with van der Waals surface area (Å²) in [5, 5.41) is 0.321. The average molecular weight is 299 g/mol. The van der Waals surface area contributed by atoms with Crippen molar-refractivity contribution in [3.05, 3.63) is 22.2 Å². The van der Waals surface area contributed by atoms with Crippen molar-refractivity contribution < 1.29 is 17.9 Å². The van der Waals surface area contributed by atoms with E-state index in [1.54, 1.807) is 13.0 Å². The first-order chi connectivity index (χ1) is 7.80. The smallest absolute Gasteiger partial charge is 0.236 e. The van der Waals surface area contributed by atoms with Crippen molar-refractivity contribution in [3.8, 4) is 11.5 Å². The van der Waals surface area contributed by atoms with Gasteiger partial charge in [0.1, 0.15) is 0 Å². The van der Waals surface area contributed by atoms with Crippen LogP contribution in [0.1, 0.15) is 11.1 Å². The van der Waals surface area contributed by atoms with Gasteiger partial charge in [0.05, 0.1) is 25.0 Å². The molecule has 0 N–H and O–H groups in total. The van der Waals surface area contributed by atoms with Crippen molar-refractivity contribution in [2.75, 3.05) is 14.2 Å². The minimum absolute atomic E-state index is 0.305. The summed E-state index contributed by atoms with van der Waals surface area (Å²) in [5.41, 5.74) is 1.09. The lowest BCUT2D eigenvalue weighted by atomic mass is 10.1. The second kappa shape index (κ2) is 5.33. The molecular formula is C10H12Cl2O4S. The number of ether oxygens (including phenoxy) is 2. The molecule has 0 saturated heterocycles. The Labute approximate surface area is 110 Å². The number of rotatable bonds is 4. The number of methoxy groups -OCH3 is 2. The van der Waals surface area contributed by atoms with E-state index in [1.807, 2.05) is 0 Å². The highest BCUT2D eigenvalue weighted by Crippen LogP contribution is 2.39. The molecule has 0 aliphatic heterocycles. The predicted octanol–water partition coefficient (Wildman–Crippen LogP) is 2.73. The van der Waals surface area contributed by atoms with Gasteiger partial charge in [0.2, 0.25) is 9.05 Å². The van der Waals surface area contributed by atoms with Gasteiger partial charge < -0.3 is 9.47 Å². The molecule has 1 aromatic carbocycles. The summed E-state index contributed by atoms with van der Waals surface area (Å²) in [7, 11) is 4.48. The zero-order chi connectivity index (χ0) is 13.2. The zero-order valence-electron chi connectivity index (χ0n) is 9.58. The van der Waals surface area contributed by atoms with Crippen LogP contribution in [-0.4, -0.2) is 22.6 Å². The first-order valence-corrected chi connectivity index (χ1v) is 7.48. The highest BCUT2D eigenvalue weighted by atomic mass is 35.7. The Hall–Kier alpha value is -0.650. The summed E-state index contributed by atoms with van der Waals surface area (Å²) in [6.45, 7) is 1.70. The average Bonchev–Trinajstić information content (AvgIpc) is 2.22. The van der Waals surface area contributed by atoms with Crippen LogP contribution in [0.15, 0.2) is 6.07 Å². The molecule has 0 atom stereocenters. The van der Waals surface area contributed by atoms with E-state index in [-0.39, 0.29) is 5.75 Å². The van der Waals surface area contributed by atoms with Gasteiger partial charge in [-0.3, -0.25) is 0 Å². The lowest BCUT2D eigenvalue weighted by Gasteiger charge is -2.14. The maximum Gasteiger partial charge on any atom is 0.236 e. The largest absolute Gasteiger partial charge is 0.493 e. The molecule has 4 nitrogen and oxygen atoms in total. The van der Waals surface area contributed by atoms with Gasteiger partial charge in [0.25, 0.3) is 0 Å². The van der Waals surface area contributed by atoms with Crippen LogP contribution in [0.3, 0.4) is 0 Å². The van der Waals surface area contributed by atoms with Crippen LogP contribution in [0.5, 0.6) is 11.5 Å². The second-order valence-corrected chi connectivity index (χ2v) is 6.55. The first kappa shape index (κ1) is 14.4. The summed E-state index contributed by atoms with van der Waals surface area (Å²) in [6.07, 6.45) is 0. The Kier molecular flexibility index (Phi) is 4.52. The SMILES string of the molecule is COc1cc(CS(=O)(=O)Cl)c(C)c(Cl)c1OC. The van der Waals surface area contributed by atoms with Gasteiger partial charge in [0.15, 0.2) is 11.5 Å². The monoisotopic (exact) mass is 298 g/mol. The van der Waals surface area contributed by atoms with Crippen molar-refractivity contribution >= 4 is 31.3 Å². The lowest BCUT2D eigenvalue weighted by molar-refractivity contribution is 0.354. The molecule has 17 heavy (non-hydrogen) atoms. The number of benzene rings is 1. The first-order valence-electron chi connectivity index (χ1n) is 4.62. The predicted molar refractivity (Wildman–Crippen MR) is 67.8 cm³/mol. The Balaban J connectivity index is 3.39. The molecule has 0 spiro atoms. The van der Waals surface area contributed by atoms with Crippen molar-refractivity contribution in [3.63, 3.8) is 0 Å². The molecule has 0 amide bonds. The van der Waals surface area contributed by atoms with Crippen LogP contribution >= 0.6 is 22.3 Å². The molecule has 0 fully saturated rings. The number of hydrogen-bond donors (Lipinski definition) is 0. The van der Waals surface area contributed by atoms with Gasteiger partial charge in [-0.05, 0) is 24.1 Å². The van der Waals surface area contributed by atoms with Crippen molar-refractivity contribution in [2.45, 2.75) is 12.7 Å². The molecule has 0 aliphatic rings. The Bertz CT molecular complexity index is 526. The van der Waals surface area contributed by atoms with Crippen LogP contribution in [0, 0.1) is 6.92 Å². The number of hydrogen-bond acceptors (Lipinski definition) is 4. The van der Waals surface area contributed by atoms with E-state index in [0.717, 1.165) is 0 Å². The van der Waals surface area contributed by atoms with Crippen LogP contribution in [0.4, 0.5) is 0 Å². The van der Waals surface area contributed by atoms with Gasteiger partial charge in [0, 0.05) is 10.7 Å². The Morgan fingerprint density at radius 2 is 1.88 bits per heavy atom. The molecule has 1 rings (SSSR count). The maximum atomic E-state index is 11.1. The van der Waals surface area contributed by atoms with E-state index in [0.29, 0.717) is 27.6 Å². The van der Waals surface area contributed by atoms with Crippen LogP contribution < -0.4 is 9.47 Å². The van der Waals surface area contributed by atoms with Crippen LogP contribution in [-0.2, 0) is 14.8 Å². The van der Waals surface area contributed by atoms with Crippen molar-refractivity contribution in [1.29, 1.82) is 0 Å². The molecule has 96 valence electrons. The zero-order valence-corrected chi connectivity index (χ0v) is 11.9. The molecule has 1 aromatic rings. The third kappa shape index (κ3) is 3.40. The van der Waals surface area contributed by atoms with E-state index in [9.17, 15) is 8.42 Å². The molecule has 0 aromatic heterocycles. The topological polar surface area (TPSA) is 52.6 Å². The normalized spacial score (nSPS) is 11.4. The number of halogens is 2. The standard InChI is InChI=1S/C10H12Cl2O4S/c1-6-7(5-17(12,13)14)4-8(15-2)10(16-3)9(6)11/h4H,5H2,1-3H3. The summed E-state index contributed by atoms with van der Waals surface area (Å²) >= 11 is 6.07. The second-order valence-electron chi connectivity index (χ2n) is 3.39. The molecule has 0 saturated carbocycles. The Morgan fingerprint density at radius 3 is 2.29 bits per heavy atom. The van der Waals surface area contributed by atoms with Gasteiger partial charge in [-0.15, -0.1) is 0 Å². The van der Waals surface area contributed by atoms with E-state index in [1.165, 1.54) is 14.2 Å². The fourth-order valence-corrected chi connectivity index (χ4v) is 2.74. The van der Waals surface area contributed by atoms with E-state index >= 15 is 0 Å². The van der Waals surface area contributed by atoms with Crippen LogP contribution in [0.25, 0.3) is 0 Å². The molecule has 7 heteroatoms. The Morgan fingerprint density at radius 1 is 1.29 bits per heavy atom. The summed E-state index contributed by atoms with van der Waals surface area (Å²) < 4.78 is 32.3. The minimum Gasteiger partial charge on any atom is -0.493 e. The third-order valence-corrected chi connectivity index (χ3v) is 3.73. The van der Waals surface area contributed by atoms with Crippen molar-refractivity contribution in [2.24, 2.45) is 0 Å². The fraction of sp³-hybridized carbons (Fsp3) is 0.400. The highest BCUT2D eigenvalue weighted by molar-refractivity contribution is 8.13. The van der Waals surface area contributed by atoms with Gasteiger partial charge in [-0.25, -0.2) is 8.42 Å². The van der Waals surface area contributed by atoms with Gasteiger partial charge in [-0.1, -0.05) is 11.6 Å². The molecule has 0 unspecified atom stereocenters. The minimum atomic E-state index is -3.64. The summed E-state index contributed by atoms with van der Waals surface area (Å²) in [5.74, 6) is 0.446. The van der Waals surface area contributed by atoms with Gasteiger partial charge >= 0.3 is 0 Å². The quantitative estimate of drug-likeness (QED) is 0.802. The van der Waals surface area contributed by atoms with E-state index in [2.05, 4.69) is 0 Å². The summed E-state index contributed by atoms with van der Waals surface area (Å²) in [6, 6.07) is 1.56. The van der Waals surface area contributed by atoms with E-state index in [4.69, 9.17) is 31.8 Å². The third-order valence-electron chi connectivity index (χ3n) is 2.29. The maximum absolute atomic E-state index is 11.1. The molecule has 0 heterocycles. The molecule has 0 bridgehead atoms. The molecule has 0 aliphatic carbocycles. The summed E-state index contributed by atoms with van der Waals surface area (Å²) in [4.78, 5) is 0. The molecular weight excluding hydrogens is 287 g/mol. The van der Waals surface area contributed by atoms with Crippen molar-refractivity contribution in [1.82, 2.24) is 0 Å².